The van der Waals surface area contributed by atoms with Gasteiger partial charge in [-0.05, 0) is 67.3 Å². The second-order valence-electron chi connectivity index (χ2n) is 5.28. The van der Waals surface area contributed by atoms with Crippen LogP contribution >= 0.6 is 31.9 Å². The number of benzene rings is 2. The number of rotatable bonds is 2. The van der Waals surface area contributed by atoms with Crippen LogP contribution in [0.3, 0.4) is 0 Å². The molecule has 0 aromatic heterocycles. The van der Waals surface area contributed by atoms with Gasteiger partial charge in [-0.25, -0.2) is 0 Å². The third-order valence-electron chi connectivity index (χ3n) is 3.53. The molecule has 0 unspecified atom stereocenters. The molecule has 2 aromatic rings. The fraction of sp³-hybridized carbons (Fsp3) is 0.200. The molecular weight excluding hydrogens is 404 g/mol. The molecule has 0 aliphatic heterocycles. The van der Waals surface area contributed by atoms with Crippen LogP contribution in [0, 0.1) is 0 Å². The van der Waals surface area contributed by atoms with E-state index in [-0.39, 0.29) is 23.0 Å². The van der Waals surface area contributed by atoms with Gasteiger partial charge in [0.15, 0.2) is 23.0 Å². The molecule has 0 saturated carbocycles. The Balaban J connectivity index is 2.61. The molecule has 21 heavy (non-hydrogen) atoms. The van der Waals surface area contributed by atoms with Gasteiger partial charge < -0.3 is 20.4 Å². The fourth-order valence-corrected chi connectivity index (χ4v) is 2.96. The number of phenols is 4. The summed E-state index contributed by atoms with van der Waals surface area (Å²) in [4.78, 5) is 0. The highest BCUT2D eigenvalue weighted by atomic mass is 79.9. The zero-order valence-corrected chi connectivity index (χ0v) is 14.5. The number of hydrogen-bond donors (Lipinski definition) is 4. The molecule has 0 radical (unpaired) electrons. The summed E-state index contributed by atoms with van der Waals surface area (Å²) in [5.41, 5.74) is 0.907. The summed E-state index contributed by atoms with van der Waals surface area (Å²) >= 11 is 6.39. The van der Waals surface area contributed by atoms with Crippen molar-refractivity contribution in [2.24, 2.45) is 0 Å². The highest BCUT2D eigenvalue weighted by molar-refractivity contribution is 9.10. The molecule has 112 valence electrons. The molecule has 0 bridgehead atoms. The molecule has 2 aromatic carbocycles. The van der Waals surface area contributed by atoms with Gasteiger partial charge in [-0.3, -0.25) is 0 Å². The number of halogens is 2. The Morgan fingerprint density at radius 2 is 1.05 bits per heavy atom. The first kappa shape index (κ1) is 16.0. The van der Waals surface area contributed by atoms with Crippen LogP contribution in [0.1, 0.15) is 25.0 Å². The van der Waals surface area contributed by atoms with Gasteiger partial charge in [0.2, 0.25) is 0 Å². The van der Waals surface area contributed by atoms with Crippen LogP contribution < -0.4 is 0 Å². The van der Waals surface area contributed by atoms with Crippen molar-refractivity contribution in [3.05, 3.63) is 44.3 Å². The van der Waals surface area contributed by atoms with Gasteiger partial charge in [-0.1, -0.05) is 13.8 Å². The van der Waals surface area contributed by atoms with Gasteiger partial charge >= 0.3 is 0 Å². The van der Waals surface area contributed by atoms with E-state index in [1.807, 2.05) is 13.8 Å². The minimum Gasteiger partial charge on any atom is -0.504 e. The predicted octanol–water partition coefficient (Wildman–Crippen LogP) is 4.36. The summed E-state index contributed by atoms with van der Waals surface area (Å²) < 4.78 is 0.764. The molecule has 6 heteroatoms. The van der Waals surface area contributed by atoms with Crippen LogP contribution in [0.2, 0.25) is 0 Å². The van der Waals surface area contributed by atoms with Crippen LogP contribution in [0.15, 0.2) is 33.2 Å². The first-order valence-electron chi connectivity index (χ1n) is 6.08. The highest BCUT2D eigenvalue weighted by Gasteiger charge is 2.27. The van der Waals surface area contributed by atoms with E-state index in [9.17, 15) is 20.4 Å². The molecule has 2 rings (SSSR count). The molecule has 0 fully saturated rings. The molecule has 0 spiro atoms. The first-order chi connectivity index (χ1) is 9.64. The van der Waals surface area contributed by atoms with E-state index in [0.717, 1.165) is 11.1 Å². The van der Waals surface area contributed by atoms with E-state index in [1.165, 1.54) is 12.1 Å². The molecule has 0 saturated heterocycles. The zero-order chi connectivity index (χ0) is 15.9. The van der Waals surface area contributed by atoms with Crippen LogP contribution in [0.5, 0.6) is 23.0 Å². The largest absolute Gasteiger partial charge is 0.504 e. The molecular formula is C15H14Br2O4. The normalized spacial score (nSPS) is 11.6. The van der Waals surface area contributed by atoms with E-state index in [2.05, 4.69) is 31.9 Å². The maximum Gasteiger partial charge on any atom is 0.171 e. The van der Waals surface area contributed by atoms with E-state index in [0.29, 0.717) is 8.95 Å². The molecule has 0 aliphatic carbocycles. The second-order valence-corrected chi connectivity index (χ2v) is 6.99. The average molecular weight is 418 g/mol. The van der Waals surface area contributed by atoms with E-state index < -0.39 is 5.41 Å². The average Bonchev–Trinajstić information content (AvgIpc) is 2.40. The maximum atomic E-state index is 9.77. The van der Waals surface area contributed by atoms with Gasteiger partial charge in [-0.15, -0.1) is 0 Å². The Morgan fingerprint density at radius 3 is 1.33 bits per heavy atom. The third kappa shape index (κ3) is 2.82. The topological polar surface area (TPSA) is 80.9 Å². The lowest BCUT2D eigenvalue weighted by Gasteiger charge is -2.27. The fourth-order valence-electron chi connectivity index (χ4n) is 2.06. The summed E-state index contributed by atoms with van der Waals surface area (Å²) in [5.74, 6) is -0.891. The molecule has 0 atom stereocenters. The Morgan fingerprint density at radius 1 is 0.714 bits per heavy atom. The molecule has 0 aliphatic rings. The lowest BCUT2D eigenvalue weighted by atomic mass is 9.78. The SMILES string of the molecule is CC(C)(c1cc(O)c(O)c(Br)c1)c1cc(O)c(O)c(Br)c1. The Hall–Kier alpha value is -1.40. The van der Waals surface area contributed by atoms with Crippen LogP contribution in [0.25, 0.3) is 0 Å². The quantitative estimate of drug-likeness (QED) is 0.547. The Kier molecular flexibility index (Phi) is 4.13. The van der Waals surface area contributed by atoms with Crippen molar-refractivity contribution in [1.82, 2.24) is 0 Å². The number of phenolic OH excluding ortho intramolecular Hbond substituents is 4. The van der Waals surface area contributed by atoms with Gasteiger partial charge in [0, 0.05) is 5.41 Å². The van der Waals surface area contributed by atoms with E-state index in [1.54, 1.807) is 12.1 Å². The second kappa shape index (κ2) is 5.42. The lowest BCUT2D eigenvalue weighted by molar-refractivity contribution is 0.397. The molecule has 4 nitrogen and oxygen atoms in total. The maximum absolute atomic E-state index is 9.77. The molecule has 0 heterocycles. The van der Waals surface area contributed by atoms with Crippen molar-refractivity contribution < 1.29 is 20.4 Å². The monoisotopic (exact) mass is 416 g/mol. The summed E-state index contributed by atoms with van der Waals surface area (Å²) in [6, 6.07) is 6.34. The smallest absolute Gasteiger partial charge is 0.171 e. The van der Waals surface area contributed by atoms with Crippen LogP contribution in [-0.4, -0.2) is 20.4 Å². The van der Waals surface area contributed by atoms with Crippen molar-refractivity contribution in [3.8, 4) is 23.0 Å². The van der Waals surface area contributed by atoms with Crippen molar-refractivity contribution in [2.75, 3.05) is 0 Å². The van der Waals surface area contributed by atoms with Crippen molar-refractivity contribution in [3.63, 3.8) is 0 Å². The van der Waals surface area contributed by atoms with Gasteiger partial charge in [0.05, 0.1) is 8.95 Å². The molecule has 4 N–H and O–H groups in total. The minimum atomic E-state index is -0.568. The van der Waals surface area contributed by atoms with Crippen LogP contribution in [0.4, 0.5) is 0 Å². The van der Waals surface area contributed by atoms with E-state index in [4.69, 9.17) is 0 Å². The van der Waals surface area contributed by atoms with E-state index >= 15 is 0 Å². The Labute approximate surface area is 138 Å². The summed E-state index contributed by atoms with van der Waals surface area (Å²) in [6.07, 6.45) is 0. The predicted molar refractivity (Wildman–Crippen MR) is 87.1 cm³/mol. The molecule has 0 amide bonds. The van der Waals surface area contributed by atoms with Crippen LogP contribution in [-0.2, 0) is 5.41 Å². The summed E-state index contributed by atoms with van der Waals surface area (Å²) in [7, 11) is 0. The van der Waals surface area contributed by atoms with Crippen molar-refractivity contribution in [1.29, 1.82) is 0 Å². The standard InChI is InChI=1S/C15H14Br2O4/c1-15(2,7-3-9(16)13(20)11(18)5-7)8-4-10(17)14(21)12(19)6-8/h3-6,18-21H,1-2H3. The minimum absolute atomic E-state index is 0.218. The zero-order valence-electron chi connectivity index (χ0n) is 11.4. The third-order valence-corrected chi connectivity index (χ3v) is 4.74. The summed E-state index contributed by atoms with van der Waals surface area (Å²) in [6.45, 7) is 3.81. The van der Waals surface area contributed by atoms with Gasteiger partial charge in [0.25, 0.3) is 0 Å². The number of hydrogen-bond acceptors (Lipinski definition) is 4. The Bertz CT molecular complexity index is 605. The number of aromatic hydroxyl groups is 4. The van der Waals surface area contributed by atoms with Gasteiger partial charge in [0.1, 0.15) is 0 Å². The van der Waals surface area contributed by atoms with Gasteiger partial charge in [-0.2, -0.15) is 0 Å². The van der Waals surface area contributed by atoms with Crippen molar-refractivity contribution >= 4 is 31.9 Å². The lowest BCUT2D eigenvalue weighted by Crippen LogP contribution is -2.19. The highest BCUT2D eigenvalue weighted by Crippen LogP contribution is 2.44. The summed E-state index contributed by atoms with van der Waals surface area (Å²) in [5, 5.41) is 38.8. The van der Waals surface area contributed by atoms with Crippen molar-refractivity contribution in [2.45, 2.75) is 19.3 Å². The first-order valence-corrected chi connectivity index (χ1v) is 7.67.